The second kappa shape index (κ2) is 5.28. The molecule has 5 heteroatoms. The van der Waals surface area contributed by atoms with E-state index in [-0.39, 0.29) is 17.2 Å². The molecule has 1 heterocycles. The second-order valence-corrected chi connectivity index (χ2v) is 4.55. The van der Waals surface area contributed by atoms with Crippen LogP contribution in [0.2, 0.25) is 0 Å². The third-order valence-corrected chi connectivity index (χ3v) is 2.89. The van der Waals surface area contributed by atoms with Gasteiger partial charge in [-0.15, -0.1) is 0 Å². The van der Waals surface area contributed by atoms with Crippen LogP contribution in [0.5, 0.6) is 11.6 Å². The minimum Gasteiger partial charge on any atom is -0.477 e. The van der Waals surface area contributed by atoms with Gasteiger partial charge in [-0.25, -0.2) is 14.2 Å². The van der Waals surface area contributed by atoms with Crippen LogP contribution in [0.25, 0.3) is 0 Å². The summed E-state index contributed by atoms with van der Waals surface area (Å²) in [5.74, 6) is -1.81. The SMILES string of the molecule is Cc1cc(C)c(C(=O)O)c(Oc2cccc(C)c2F)n1. The summed E-state index contributed by atoms with van der Waals surface area (Å²) in [6.45, 7) is 4.98. The smallest absolute Gasteiger partial charge is 0.341 e. The van der Waals surface area contributed by atoms with Crippen LogP contribution in [0.1, 0.15) is 27.2 Å². The number of halogens is 1. The molecule has 104 valence electrons. The largest absolute Gasteiger partial charge is 0.477 e. The number of carboxylic acids is 1. The zero-order valence-electron chi connectivity index (χ0n) is 11.4. The van der Waals surface area contributed by atoms with Gasteiger partial charge in [0.1, 0.15) is 5.56 Å². The fourth-order valence-electron chi connectivity index (χ4n) is 1.94. The predicted molar refractivity (Wildman–Crippen MR) is 71.9 cm³/mol. The molecule has 0 aliphatic heterocycles. The molecule has 2 aromatic rings. The van der Waals surface area contributed by atoms with Crippen molar-refractivity contribution in [3.8, 4) is 11.6 Å². The van der Waals surface area contributed by atoms with E-state index < -0.39 is 11.8 Å². The first-order chi connectivity index (χ1) is 9.40. The number of hydrogen-bond acceptors (Lipinski definition) is 3. The van der Waals surface area contributed by atoms with Gasteiger partial charge < -0.3 is 9.84 Å². The molecular weight excluding hydrogens is 261 g/mol. The van der Waals surface area contributed by atoms with Crippen molar-refractivity contribution in [2.45, 2.75) is 20.8 Å². The van der Waals surface area contributed by atoms with Crippen molar-refractivity contribution in [3.05, 3.63) is 52.5 Å². The van der Waals surface area contributed by atoms with Crippen molar-refractivity contribution in [1.29, 1.82) is 0 Å². The summed E-state index contributed by atoms with van der Waals surface area (Å²) in [7, 11) is 0. The number of ether oxygens (including phenoxy) is 1. The van der Waals surface area contributed by atoms with Gasteiger partial charge in [0.2, 0.25) is 5.88 Å². The normalized spacial score (nSPS) is 10.4. The van der Waals surface area contributed by atoms with Gasteiger partial charge in [0.05, 0.1) is 0 Å². The molecule has 0 saturated heterocycles. The molecule has 20 heavy (non-hydrogen) atoms. The fraction of sp³-hybridized carbons (Fsp3) is 0.200. The van der Waals surface area contributed by atoms with Crippen molar-refractivity contribution >= 4 is 5.97 Å². The molecule has 0 atom stereocenters. The maximum atomic E-state index is 13.9. The van der Waals surface area contributed by atoms with E-state index in [1.54, 1.807) is 39.0 Å². The van der Waals surface area contributed by atoms with E-state index in [9.17, 15) is 14.3 Å². The Hall–Kier alpha value is -2.43. The number of hydrogen-bond donors (Lipinski definition) is 1. The van der Waals surface area contributed by atoms with Crippen molar-refractivity contribution in [3.63, 3.8) is 0 Å². The lowest BCUT2D eigenvalue weighted by molar-refractivity contribution is 0.0692. The number of nitrogens with zero attached hydrogens (tertiary/aromatic N) is 1. The van der Waals surface area contributed by atoms with Gasteiger partial charge in [-0.05, 0) is 44.0 Å². The zero-order chi connectivity index (χ0) is 14.9. The lowest BCUT2D eigenvalue weighted by Crippen LogP contribution is -2.06. The Morgan fingerprint density at radius 3 is 2.60 bits per heavy atom. The van der Waals surface area contributed by atoms with E-state index in [1.807, 2.05) is 0 Å². The molecule has 0 amide bonds. The summed E-state index contributed by atoms with van der Waals surface area (Å²) in [5, 5.41) is 9.23. The number of rotatable bonds is 3. The monoisotopic (exact) mass is 275 g/mol. The Morgan fingerprint density at radius 1 is 1.25 bits per heavy atom. The molecule has 0 aliphatic rings. The molecule has 1 N–H and O–H groups in total. The van der Waals surface area contributed by atoms with E-state index in [4.69, 9.17) is 4.74 Å². The summed E-state index contributed by atoms with van der Waals surface area (Å²) in [5.41, 5.74) is 1.49. The molecular formula is C15H14FNO3. The van der Waals surface area contributed by atoms with Crippen molar-refractivity contribution < 1.29 is 19.0 Å². The Bertz CT molecular complexity index is 683. The number of aryl methyl sites for hydroxylation is 3. The van der Waals surface area contributed by atoms with Crippen LogP contribution < -0.4 is 4.74 Å². The number of carbonyl (C=O) groups is 1. The van der Waals surface area contributed by atoms with E-state index in [0.29, 0.717) is 16.8 Å². The van der Waals surface area contributed by atoms with Crippen molar-refractivity contribution in [1.82, 2.24) is 4.98 Å². The van der Waals surface area contributed by atoms with E-state index in [1.165, 1.54) is 6.07 Å². The van der Waals surface area contributed by atoms with Gasteiger partial charge >= 0.3 is 5.97 Å². The molecule has 2 rings (SSSR count). The van der Waals surface area contributed by atoms with Gasteiger partial charge in [-0.2, -0.15) is 0 Å². The number of aromatic carboxylic acids is 1. The first kappa shape index (κ1) is 14.0. The van der Waals surface area contributed by atoms with Crippen LogP contribution in [0.15, 0.2) is 24.3 Å². The van der Waals surface area contributed by atoms with Gasteiger partial charge in [-0.1, -0.05) is 12.1 Å². The van der Waals surface area contributed by atoms with E-state index in [0.717, 1.165) is 0 Å². The molecule has 1 aromatic heterocycles. The van der Waals surface area contributed by atoms with Crippen LogP contribution >= 0.6 is 0 Å². The van der Waals surface area contributed by atoms with Crippen molar-refractivity contribution in [2.24, 2.45) is 0 Å². The molecule has 0 bridgehead atoms. The average Bonchev–Trinajstić information content (AvgIpc) is 2.33. The Balaban J connectivity index is 2.53. The zero-order valence-corrected chi connectivity index (χ0v) is 11.4. The highest BCUT2D eigenvalue weighted by atomic mass is 19.1. The number of carboxylic acid groups (broad SMARTS) is 1. The summed E-state index contributed by atoms with van der Waals surface area (Å²) in [6, 6.07) is 6.32. The van der Waals surface area contributed by atoms with Crippen LogP contribution in [0.3, 0.4) is 0 Å². The van der Waals surface area contributed by atoms with Gasteiger partial charge in [0.15, 0.2) is 11.6 Å². The summed E-state index contributed by atoms with van der Waals surface area (Å²) < 4.78 is 19.3. The van der Waals surface area contributed by atoms with Crippen molar-refractivity contribution in [2.75, 3.05) is 0 Å². The Labute approximate surface area is 115 Å². The molecule has 0 fully saturated rings. The molecule has 0 saturated carbocycles. The lowest BCUT2D eigenvalue weighted by Gasteiger charge is -2.12. The summed E-state index contributed by atoms with van der Waals surface area (Å²) in [6.07, 6.45) is 0. The first-order valence-corrected chi connectivity index (χ1v) is 6.04. The fourth-order valence-corrected chi connectivity index (χ4v) is 1.94. The minimum absolute atomic E-state index is 0.0370. The van der Waals surface area contributed by atoms with E-state index >= 15 is 0 Å². The number of pyridine rings is 1. The Morgan fingerprint density at radius 2 is 1.95 bits per heavy atom. The average molecular weight is 275 g/mol. The highest BCUT2D eigenvalue weighted by molar-refractivity contribution is 5.92. The quantitative estimate of drug-likeness (QED) is 0.929. The van der Waals surface area contributed by atoms with Crippen LogP contribution in [-0.2, 0) is 0 Å². The summed E-state index contributed by atoms with van der Waals surface area (Å²) >= 11 is 0. The third kappa shape index (κ3) is 2.61. The number of aromatic nitrogens is 1. The minimum atomic E-state index is -1.15. The lowest BCUT2D eigenvalue weighted by atomic mass is 10.1. The van der Waals surface area contributed by atoms with Crippen LogP contribution in [0.4, 0.5) is 4.39 Å². The maximum Gasteiger partial charge on any atom is 0.341 e. The van der Waals surface area contributed by atoms with E-state index in [2.05, 4.69) is 4.98 Å². The molecule has 0 spiro atoms. The molecule has 1 aromatic carbocycles. The summed E-state index contributed by atoms with van der Waals surface area (Å²) in [4.78, 5) is 15.3. The van der Waals surface area contributed by atoms with Gasteiger partial charge in [0.25, 0.3) is 0 Å². The van der Waals surface area contributed by atoms with Gasteiger partial charge in [-0.3, -0.25) is 0 Å². The number of benzene rings is 1. The predicted octanol–water partition coefficient (Wildman–Crippen LogP) is 3.64. The van der Waals surface area contributed by atoms with Crippen LogP contribution in [-0.4, -0.2) is 16.1 Å². The second-order valence-electron chi connectivity index (χ2n) is 4.55. The maximum absolute atomic E-state index is 13.9. The first-order valence-electron chi connectivity index (χ1n) is 6.04. The topological polar surface area (TPSA) is 59.4 Å². The molecule has 4 nitrogen and oxygen atoms in total. The van der Waals surface area contributed by atoms with Gasteiger partial charge in [0, 0.05) is 5.69 Å². The van der Waals surface area contributed by atoms with Crippen LogP contribution in [0, 0.1) is 26.6 Å². The molecule has 0 radical (unpaired) electrons. The standard InChI is InChI=1S/C15H14FNO3/c1-8-5-4-6-11(13(8)16)20-14-12(15(18)19)9(2)7-10(3)17-14/h4-7H,1-3H3,(H,18,19). The Kier molecular flexibility index (Phi) is 3.70. The highest BCUT2D eigenvalue weighted by Gasteiger charge is 2.19. The molecule has 0 aliphatic carbocycles. The molecule has 0 unspecified atom stereocenters. The third-order valence-electron chi connectivity index (χ3n) is 2.89. The highest BCUT2D eigenvalue weighted by Crippen LogP contribution is 2.29.